The summed E-state index contributed by atoms with van der Waals surface area (Å²) in [5.74, 6) is 0.0270. The van der Waals surface area contributed by atoms with E-state index >= 15 is 0 Å². The number of hydrogen-bond donors (Lipinski definition) is 2. The molecule has 1 atom stereocenters. The molecular weight excluding hydrogens is 248 g/mol. The lowest BCUT2D eigenvalue weighted by molar-refractivity contribution is -0.137. The van der Waals surface area contributed by atoms with Gasteiger partial charge in [0.05, 0.1) is 18.7 Å². The summed E-state index contributed by atoms with van der Waals surface area (Å²) < 4.78 is 5.36. The molecule has 1 unspecified atom stereocenters. The Morgan fingerprint density at radius 1 is 1.58 bits per heavy atom. The van der Waals surface area contributed by atoms with Gasteiger partial charge in [-0.25, -0.2) is 4.79 Å². The quantitative estimate of drug-likeness (QED) is 0.870. The van der Waals surface area contributed by atoms with Crippen LogP contribution in [0.25, 0.3) is 0 Å². The van der Waals surface area contributed by atoms with Crippen LogP contribution in [-0.4, -0.2) is 35.6 Å². The van der Waals surface area contributed by atoms with E-state index in [9.17, 15) is 9.59 Å². The third-order valence-electron chi connectivity index (χ3n) is 3.36. The van der Waals surface area contributed by atoms with Gasteiger partial charge in [-0.1, -0.05) is 0 Å². The first-order valence-corrected chi connectivity index (χ1v) is 6.37. The molecule has 19 heavy (non-hydrogen) atoms. The number of carbonyl (C=O) groups is 2. The van der Waals surface area contributed by atoms with Crippen molar-refractivity contribution in [2.75, 3.05) is 13.6 Å². The van der Waals surface area contributed by atoms with Gasteiger partial charge in [0.2, 0.25) is 0 Å². The molecule has 1 aliphatic carbocycles. The summed E-state index contributed by atoms with van der Waals surface area (Å²) in [6.07, 6.45) is 4.35. The van der Waals surface area contributed by atoms with Crippen molar-refractivity contribution in [3.05, 3.63) is 23.7 Å². The number of aliphatic carboxylic acids is 1. The van der Waals surface area contributed by atoms with Gasteiger partial charge >= 0.3 is 12.0 Å². The van der Waals surface area contributed by atoms with Gasteiger partial charge in [0.1, 0.15) is 5.76 Å². The second-order valence-electron chi connectivity index (χ2n) is 4.76. The number of carbonyl (C=O) groups excluding carboxylic acids is 1. The van der Waals surface area contributed by atoms with Crippen molar-refractivity contribution in [1.29, 1.82) is 0 Å². The van der Waals surface area contributed by atoms with Crippen LogP contribution in [0.3, 0.4) is 0 Å². The zero-order chi connectivity index (χ0) is 13.8. The predicted octanol–water partition coefficient (Wildman–Crippen LogP) is 1.77. The van der Waals surface area contributed by atoms with Crippen molar-refractivity contribution in [2.45, 2.75) is 31.7 Å². The number of amides is 2. The van der Waals surface area contributed by atoms with Gasteiger partial charge in [0, 0.05) is 25.6 Å². The molecule has 0 aliphatic heterocycles. The highest BCUT2D eigenvalue weighted by Crippen LogP contribution is 2.30. The Hall–Kier alpha value is -1.98. The first-order valence-electron chi connectivity index (χ1n) is 6.37. The van der Waals surface area contributed by atoms with E-state index in [0.29, 0.717) is 0 Å². The number of carboxylic acid groups (broad SMARTS) is 1. The Bertz CT molecular complexity index is 469. The number of aryl methyl sites for hydroxylation is 1. The maximum Gasteiger partial charge on any atom is 0.317 e. The summed E-state index contributed by atoms with van der Waals surface area (Å²) in [4.78, 5) is 23.8. The summed E-state index contributed by atoms with van der Waals surface area (Å²) in [6.45, 7) is 0.201. The summed E-state index contributed by atoms with van der Waals surface area (Å²) in [5, 5.41) is 11.5. The fraction of sp³-hybridized carbons (Fsp3) is 0.538. The van der Waals surface area contributed by atoms with Gasteiger partial charge in [0.15, 0.2) is 0 Å². The van der Waals surface area contributed by atoms with E-state index < -0.39 is 5.97 Å². The number of fused-ring (bicyclic) bond motifs is 1. The predicted molar refractivity (Wildman–Crippen MR) is 67.8 cm³/mol. The third kappa shape index (κ3) is 3.27. The molecule has 0 fully saturated rings. The first-order chi connectivity index (χ1) is 9.08. The highest BCUT2D eigenvalue weighted by atomic mass is 16.4. The van der Waals surface area contributed by atoms with Crippen LogP contribution in [0.4, 0.5) is 4.79 Å². The molecule has 0 spiro atoms. The van der Waals surface area contributed by atoms with Gasteiger partial charge in [-0.05, 0) is 18.9 Å². The van der Waals surface area contributed by atoms with Crippen LogP contribution in [0.15, 0.2) is 16.7 Å². The van der Waals surface area contributed by atoms with Crippen LogP contribution in [0.5, 0.6) is 0 Å². The van der Waals surface area contributed by atoms with Crippen LogP contribution in [0.1, 0.15) is 36.6 Å². The van der Waals surface area contributed by atoms with Gasteiger partial charge in [0.25, 0.3) is 0 Å². The lowest BCUT2D eigenvalue weighted by atomic mass is 9.93. The van der Waals surface area contributed by atoms with E-state index in [1.807, 2.05) is 6.07 Å². The molecule has 1 aromatic rings. The van der Waals surface area contributed by atoms with Crippen LogP contribution < -0.4 is 5.32 Å². The maximum atomic E-state index is 11.9. The molecule has 2 rings (SSSR count). The van der Waals surface area contributed by atoms with Crippen molar-refractivity contribution < 1.29 is 19.1 Å². The average molecular weight is 266 g/mol. The fourth-order valence-electron chi connectivity index (χ4n) is 2.26. The monoisotopic (exact) mass is 266 g/mol. The number of rotatable bonds is 4. The van der Waals surface area contributed by atoms with Crippen LogP contribution in [0, 0.1) is 0 Å². The first kappa shape index (κ1) is 13.5. The Labute approximate surface area is 111 Å². The molecule has 104 valence electrons. The summed E-state index contributed by atoms with van der Waals surface area (Å²) in [7, 11) is 1.59. The number of furan rings is 1. The zero-order valence-corrected chi connectivity index (χ0v) is 10.9. The lowest BCUT2D eigenvalue weighted by Gasteiger charge is -2.25. The second-order valence-corrected chi connectivity index (χ2v) is 4.76. The Kier molecular flexibility index (Phi) is 4.09. The van der Waals surface area contributed by atoms with Gasteiger partial charge in [-0.3, -0.25) is 4.79 Å². The number of carboxylic acids is 1. The minimum atomic E-state index is -0.908. The minimum Gasteiger partial charge on any atom is -0.481 e. The molecule has 0 aromatic carbocycles. The van der Waals surface area contributed by atoms with E-state index in [1.54, 1.807) is 13.3 Å². The molecule has 0 saturated heterocycles. The maximum absolute atomic E-state index is 11.9. The Morgan fingerprint density at radius 2 is 2.37 bits per heavy atom. The van der Waals surface area contributed by atoms with Crippen LogP contribution >= 0.6 is 0 Å². The van der Waals surface area contributed by atoms with Crippen LogP contribution in [0.2, 0.25) is 0 Å². The van der Waals surface area contributed by atoms with Gasteiger partial charge in [-0.2, -0.15) is 0 Å². The largest absolute Gasteiger partial charge is 0.481 e. The van der Waals surface area contributed by atoms with Gasteiger partial charge < -0.3 is 19.7 Å². The number of nitrogens with zero attached hydrogens (tertiary/aromatic N) is 1. The Balaban J connectivity index is 1.91. The SMILES string of the molecule is CN(CCC(=O)O)C(=O)NC1CCCc2occc21. The minimum absolute atomic E-state index is 0.0396. The molecule has 6 nitrogen and oxygen atoms in total. The zero-order valence-electron chi connectivity index (χ0n) is 10.9. The molecule has 0 bridgehead atoms. The smallest absolute Gasteiger partial charge is 0.317 e. The number of nitrogens with one attached hydrogen (secondary N) is 1. The van der Waals surface area contributed by atoms with Crippen molar-refractivity contribution in [3.8, 4) is 0 Å². The van der Waals surface area contributed by atoms with Crippen molar-refractivity contribution in [2.24, 2.45) is 0 Å². The fourth-order valence-corrected chi connectivity index (χ4v) is 2.26. The summed E-state index contributed by atoms with van der Waals surface area (Å²) in [5.41, 5.74) is 1.03. The van der Waals surface area contributed by atoms with Crippen molar-refractivity contribution in [3.63, 3.8) is 0 Å². The number of urea groups is 1. The molecule has 1 aliphatic rings. The molecule has 0 radical (unpaired) electrons. The van der Waals surface area contributed by atoms with E-state index in [1.165, 1.54) is 4.90 Å². The molecule has 1 aromatic heterocycles. The van der Waals surface area contributed by atoms with Crippen molar-refractivity contribution >= 4 is 12.0 Å². The Morgan fingerprint density at radius 3 is 3.11 bits per heavy atom. The van der Waals surface area contributed by atoms with E-state index in [-0.39, 0.29) is 25.0 Å². The molecule has 2 amide bonds. The third-order valence-corrected chi connectivity index (χ3v) is 3.36. The summed E-state index contributed by atoms with van der Waals surface area (Å²) in [6, 6.07) is 1.60. The van der Waals surface area contributed by atoms with Crippen molar-refractivity contribution in [1.82, 2.24) is 10.2 Å². The molecule has 6 heteroatoms. The lowest BCUT2D eigenvalue weighted by Crippen LogP contribution is -2.41. The average Bonchev–Trinajstić information content (AvgIpc) is 2.85. The topological polar surface area (TPSA) is 82.8 Å². The van der Waals surface area contributed by atoms with E-state index in [0.717, 1.165) is 30.6 Å². The highest BCUT2D eigenvalue weighted by Gasteiger charge is 2.25. The van der Waals surface area contributed by atoms with E-state index in [2.05, 4.69) is 5.32 Å². The second kappa shape index (κ2) is 5.77. The van der Waals surface area contributed by atoms with Gasteiger partial charge in [-0.15, -0.1) is 0 Å². The molecule has 1 heterocycles. The summed E-state index contributed by atoms with van der Waals surface area (Å²) >= 11 is 0. The number of hydrogen-bond acceptors (Lipinski definition) is 3. The molecule has 2 N–H and O–H groups in total. The molecule has 0 saturated carbocycles. The van der Waals surface area contributed by atoms with Crippen LogP contribution in [-0.2, 0) is 11.2 Å². The standard InChI is InChI=1S/C13H18N2O4/c1-15(7-5-12(16)17)13(18)14-10-3-2-4-11-9(10)6-8-19-11/h6,8,10H,2-5,7H2,1H3,(H,14,18)(H,16,17). The highest BCUT2D eigenvalue weighted by molar-refractivity contribution is 5.75. The van der Waals surface area contributed by atoms with E-state index in [4.69, 9.17) is 9.52 Å². The molecular formula is C13H18N2O4. The normalized spacial score (nSPS) is 17.6.